The molecule has 6 heteroatoms. The molecule has 0 aliphatic heterocycles. The summed E-state index contributed by atoms with van der Waals surface area (Å²) in [6.45, 7) is 2.13. The van der Waals surface area contributed by atoms with Crippen LogP contribution in [0.1, 0.15) is 5.56 Å². The molecule has 9 rings (SSSR count). The summed E-state index contributed by atoms with van der Waals surface area (Å²) in [7, 11) is 0. The summed E-state index contributed by atoms with van der Waals surface area (Å²) >= 11 is 0. The van der Waals surface area contributed by atoms with Crippen LogP contribution >= 0.6 is 0 Å². The number of hydrogen-bond acceptors (Lipinski definition) is 6. The Hall–Kier alpha value is -7.44. The first-order chi connectivity index (χ1) is 27.2. The van der Waals surface area contributed by atoms with Gasteiger partial charge in [0, 0.05) is 33.4 Å². The predicted molar refractivity (Wildman–Crippen MR) is 221 cm³/mol. The lowest BCUT2D eigenvalue weighted by Gasteiger charge is -2.14. The van der Waals surface area contributed by atoms with Crippen molar-refractivity contribution in [2.45, 2.75) is 6.92 Å². The molecule has 0 atom stereocenters. The van der Waals surface area contributed by atoms with Crippen LogP contribution < -0.4 is 0 Å². The molecule has 0 aliphatic rings. The molecule has 0 aliphatic carbocycles. The smallest absolute Gasteiger partial charge is 0.164 e. The second-order valence-corrected chi connectivity index (χ2v) is 13.2. The minimum atomic E-state index is 0.599. The van der Waals surface area contributed by atoms with E-state index in [2.05, 4.69) is 73.7 Å². The third-order valence-corrected chi connectivity index (χ3v) is 9.55. The highest BCUT2D eigenvalue weighted by atomic mass is 15.0. The number of hydrogen-bond donors (Lipinski definition) is 0. The number of aryl methyl sites for hydroxylation is 1. The second-order valence-electron chi connectivity index (χ2n) is 13.2. The first kappa shape index (κ1) is 33.4. The average Bonchev–Trinajstić information content (AvgIpc) is 3.27. The molecule has 0 fully saturated rings. The number of benzene rings is 7. The zero-order valence-corrected chi connectivity index (χ0v) is 30.1. The molecule has 55 heavy (non-hydrogen) atoms. The maximum Gasteiger partial charge on any atom is 0.164 e. The molecular formula is C49H34N6. The van der Waals surface area contributed by atoms with Gasteiger partial charge in [0.2, 0.25) is 0 Å². The fourth-order valence-corrected chi connectivity index (χ4v) is 6.72. The molecule has 260 valence electrons. The summed E-state index contributed by atoms with van der Waals surface area (Å²) in [5.41, 5.74) is 10.9. The van der Waals surface area contributed by atoms with E-state index in [-0.39, 0.29) is 0 Å². The molecule has 7 aromatic carbocycles. The summed E-state index contributed by atoms with van der Waals surface area (Å²) in [6, 6.07) is 63.5. The minimum absolute atomic E-state index is 0.599. The van der Waals surface area contributed by atoms with Gasteiger partial charge >= 0.3 is 0 Å². The molecule has 2 aromatic heterocycles. The maximum atomic E-state index is 5.14. The molecule has 0 bridgehead atoms. The fourth-order valence-electron chi connectivity index (χ4n) is 6.72. The van der Waals surface area contributed by atoms with Gasteiger partial charge in [0.15, 0.2) is 34.9 Å². The Balaban J connectivity index is 1.16. The van der Waals surface area contributed by atoms with Gasteiger partial charge in [0.25, 0.3) is 0 Å². The van der Waals surface area contributed by atoms with Crippen LogP contribution in [0, 0.1) is 6.92 Å². The van der Waals surface area contributed by atoms with E-state index in [9.17, 15) is 0 Å². The number of nitrogens with zero attached hydrogens (tertiary/aromatic N) is 6. The van der Waals surface area contributed by atoms with E-state index in [1.165, 1.54) is 0 Å². The van der Waals surface area contributed by atoms with Crippen molar-refractivity contribution in [2.24, 2.45) is 0 Å². The summed E-state index contributed by atoms with van der Waals surface area (Å²) in [6.07, 6.45) is 0. The van der Waals surface area contributed by atoms with Gasteiger partial charge in [-0.25, -0.2) is 29.9 Å². The molecule has 0 spiro atoms. The average molecular weight is 707 g/mol. The molecule has 0 amide bonds. The Morgan fingerprint density at radius 1 is 0.236 bits per heavy atom. The van der Waals surface area contributed by atoms with Crippen molar-refractivity contribution in [1.82, 2.24) is 29.9 Å². The van der Waals surface area contributed by atoms with E-state index in [1.807, 2.05) is 121 Å². The largest absolute Gasteiger partial charge is 0.208 e. The first-order valence-corrected chi connectivity index (χ1v) is 18.2. The lowest BCUT2D eigenvalue weighted by molar-refractivity contribution is 1.07. The van der Waals surface area contributed by atoms with Crippen LogP contribution in [0.3, 0.4) is 0 Å². The maximum absolute atomic E-state index is 5.14. The van der Waals surface area contributed by atoms with Gasteiger partial charge < -0.3 is 0 Å². The van der Waals surface area contributed by atoms with Gasteiger partial charge in [0.05, 0.1) is 0 Å². The van der Waals surface area contributed by atoms with Crippen molar-refractivity contribution < 1.29 is 0 Å². The zero-order valence-electron chi connectivity index (χ0n) is 30.1. The van der Waals surface area contributed by atoms with Crippen LogP contribution in [-0.2, 0) is 0 Å². The minimum Gasteiger partial charge on any atom is -0.208 e. The van der Waals surface area contributed by atoms with Crippen molar-refractivity contribution >= 4 is 0 Å². The highest BCUT2D eigenvalue weighted by Crippen LogP contribution is 2.35. The Labute approximate surface area is 320 Å². The van der Waals surface area contributed by atoms with Crippen LogP contribution in [0.15, 0.2) is 188 Å². The molecule has 9 aromatic rings. The highest BCUT2D eigenvalue weighted by Gasteiger charge is 2.18. The van der Waals surface area contributed by atoms with E-state index in [4.69, 9.17) is 29.9 Å². The van der Waals surface area contributed by atoms with Crippen molar-refractivity contribution in [2.75, 3.05) is 0 Å². The highest BCUT2D eigenvalue weighted by molar-refractivity contribution is 5.82. The molecule has 0 radical (unpaired) electrons. The van der Waals surface area contributed by atoms with Crippen LogP contribution in [-0.4, -0.2) is 29.9 Å². The van der Waals surface area contributed by atoms with E-state index < -0.39 is 0 Å². The lowest BCUT2D eigenvalue weighted by Crippen LogP contribution is -2.01. The monoisotopic (exact) mass is 706 g/mol. The third kappa shape index (κ3) is 7.04. The van der Waals surface area contributed by atoms with Crippen molar-refractivity contribution in [3.8, 4) is 90.6 Å². The van der Waals surface area contributed by atoms with Crippen LogP contribution in [0.2, 0.25) is 0 Å². The Kier molecular flexibility index (Phi) is 9.04. The normalized spacial score (nSPS) is 11.0. The van der Waals surface area contributed by atoms with E-state index in [1.54, 1.807) is 0 Å². The van der Waals surface area contributed by atoms with E-state index in [0.29, 0.717) is 34.9 Å². The van der Waals surface area contributed by atoms with Gasteiger partial charge in [-0.3, -0.25) is 0 Å². The molecule has 0 N–H and O–H groups in total. The fraction of sp³-hybridized carbons (Fsp3) is 0.0204. The first-order valence-electron chi connectivity index (χ1n) is 18.2. The zero-order chi connectivity index (χ0) is 37.0. The summed E-state index contributed by atoms with van der Waals surface area (Å²) in [4.78, 5) is 30.1. The quantitative estimate of drug-likeness (QED) is 0.157. The van der Waals surface area contributed by atoms with Gasteiger partial charge in [0.1, 0.15) is 0 Å². The van der Waals surface area contributed by atoms with Crippen molar-refractivity contribution in [1.29, 1.82) is 0 Å². The van der Waals surface area contributed by atoms with Crippen LogP contribution in [0.5, 0.6) is 0 Å². The lowest BCUT2D eigenvalue weighted by atomic mass is 9.96. The summed E-state index contributed by atoms with van der Waals surface area (Å²) in [5, 5.41) is 0. The SMILES string of the molecule is Cc1ccc(-c2nc(-c3ccccc3)nc(-c3ccccc3-c3ccccc3)n2)cc1-c1cccc(-c2nc(-c3ccccc3)nc(-c3ccccc3)n2)c1. The van der Waals surface area contributed by atoms with Gasteiger partial charge in [-0.1, -0.05) is 176 Å². The van der Waals surface area contributed by atoms with Gasteiger partial charge in [-0.2, -0.15) is 0 Å². The van der Waals surface area contributed by atoms with Gasteiger partial charge in [-0.15, -0.1) is 0 Å². The summed E-state index contributed by atoms with van der Waals surface area (Å²) < 4.78 is 0. The predicted octanol–water partition coefficient (Wildman–Crippen LogP) is 11.7. The standard InChI is InChI=1S/C49H34N6/c1-33-29-30-40(48-53-46(37-23-12-5-13-24-37)54-49(55-48)42-28-15-14-27-41(42)34-17-6-2-7-18-34)32-43(33)38-25-16-26-39(31-38)47-51-44(35-19-8-3-9-20-35)50-45(52-47)36-21-10-4-11-22-36/h2-32H,1H3. The molecule has 0 saturated heterocycles. The molecule has 2 heterocycles. The Morgan fingerprint density at radius 3 is 1.11 bits per heavy atom. The van der Waals surface area contributed by atoms with Crippen molar-refractivity contribution in [3.05, 3.63) is 194 Å². The Bertz CT molecular complexity index is 2700. The Morgan fingerprint density at radius 2 is 0.600 bits per heavy atom. The second kappa shape index (κ2) is 14.9. The topological polar surface area (TPSA) is 77.3 Å². The molecule has 0 saturated carbocycles. The number of rotatable bonds is 8. The summed E-state index contributed by atoms with van der Waals surface area (Å²) in [5.74, 6) is 3.69. The van der Waals surface area contributed by atoms with Crippen LogP contribution in [0.25, 0.3) is 90.6 Å². The third-order valence-electron chi connectivity index (χ3n) is 9.55. The van der Waals surface area contributed by atoms with E-state index in [0.717, 1.165) is 61.2 Å². The van der Waals surface area contributed by atoms with E-state index >= 15 is 0 Å². The van der Waals surface area contributed by atoms with Crippen molar-refractivity contribution in [3.63, 3.8) is 0 Å². The number of aromatic nitrogens is 6. The molecular weight excluding hydrogens is 673 g/mol. The van der Waals surface area contributed by atoms with Gasteiger partial charge in [-0.05, 0) is 46.9 Å². The molecule has 0 unspecified atom stereocenters. The molecule has 6 nitrogen and oxygen atoms in total. The van der Waals surface area contributed by atoms with Crippen LogP contribution in [0.4, 0.5) is 0 Å².